The lowest BCUT2D eigenvalue weighted by molar-refractivity contribution is -0.153. The molecule has 1 fully saturated rings. The van der Waals surface area contributed by atoms with Gasteiger partial charge in [0.25, 0.3) is 0 Å². The van der Waals surface area contributed by atoms with Gasteiger partial charge >= 0.3 is 18.0 Å². The first-order chi connectivity index (χ1) is 19.9. The van der Waals surface area contributed by atoms with Crippen molar-refractivity contribution in [3.05, 3.63) is 36.0 Å². The molecule has 0 spiro atoms. The zero-order chi connectivity index (χ0) is 30.4. The zero-order valence-corrected chi connectivity index (χ0v) is 26.5. The Labute approximate surface area is 249 Å². The van der Waals surface area contributed by atoms with Crippen molar-refractivity contribution in [3.63, 3.8) is 0 Å². The quantitative estimate of drug-likeness (QED) is 0.293. The summed E-state index contributed by atoms with van der Waals surface area (Å²) < 4.78 is 19.0. The average molecular weight is 600 g/mol. The number of amides is 2. The molecule has 0 aliphatic carbocycles. The Kier molecular flexibility index (Phi) is 10.3. The molecule has 2 aliphatic heterocycles. The van der Waals surface area contributed by atoms with Gasteiger partial charge in [0, 0.05) is 31.9 Å². The molecule has 0 unspecified atom stereocenters. The SMILES string of the molecule is CC(C)[C@@H]1NC(=O)OCCCCCCn2c(cc3ccccc32)C(=O)O[C@@H]2C[C@@H](C(=O)OCC[Si](C)(C)C)N(C2)C1=O. The number of alkyl carbamates (subject to hydrolysis) is 1. The van der Waals surface area contributed by atoms with Crippen molar-refractivity contribution < 1.29 is 33.4 Å². The van der Waals surface area contributed by atoms with E-state index in [0.29, 0.717) is 18.7 Å². The summed E-state index contributed by atoms with van der Waals surface area (Å²) >= 11 is 0. The highest BCUT2D eigenvalue weighted by atomic mass is 28.3. The first-order valence-corrected chi connectivity index (χ1v) is 18.8. The van der Waals surface area contributed by atoms with Crippen LogP contribution < -0.4 is 5.32 Å². The topological polar surface area (TPSA) is 116 Å². The lowest BCUT2D eigenvalue weighted by Gasteiger charge is -2.29. The smallest absolute Gasteiger partial charge is 0.407 e. The van der Waals surface area contributed by atoms with Gasteiger partial charge in [0.15, 0.2) is 0 Å². The molecule has 1 N–H and O–H groups in total. The molecule has 10 nitrogen and oxygen atoms in total. The van der Waals surface area contributed by atoms with Crippen molar-refractivity contribution >= 4 is 42.9 Å². The van der Waals surface area contributed by atoms with Crippen LogP contribution in [0.1, 0.15) is 56.4 Å². The van der Waals surface area contributed by atoms with Crippen molar-refractivity contribution in [1.29, 1.82) is 0 Å². The molecule has 230 valence electrons. The van der Waals surface area contributed by atoms with Gasteiger partial charge in [-0.15, -0.1) is 0 Å². The molecule has 2 bridgehead atoms. The predicted molar refractivity (Wildman–Crippen MR) is 162 cm³/mol. The first-order valence-electron chi connectivity index (χ1n) is 15.1. The van der Waals surface area contributed by atoms with E-state index >= 15 is 0 Å². The fourth-order valence-corrected chi connectivity index (χ4v) is 6.20. The van der Waals surface area contributed by atoms with Gasteiger partial charge in [-0.1, -0.05) is 58.1 Å². The third-order valence-corrected chi connectivity index (χ3v) is 9.63. The zero-order valence-electron chi connectivity index (χ0n) is 25.5. The van der Waals surface area contributed by atoms with E-state index in [1.807, 2.05) is 48.7 Å². The van der Waals surface area contributed by atoms with Crippen molar-refractivity contribution in [2.45, 2.75) is 96.4 Å². The molecule has 1 aromatic carbocycles. The van der Waals surface area contributed by atoms with Crippen molar-refractivity contribution in [2.75, 3.05) is 19.8 Å². The Morgan fingerprint density at radius 3 is 2.57 bits per heavy atom. The Hall–Kier alpha value is -3.34. The van der Waals surface area contributed by atoms with Gasteiger partial charge in [0.05, 0.1) is 19.8 Å². The highest BCUT2D eigenvalue weighted by Crippen LogP contribution is 2.27. The lowest BCUT2D eigenvalue weighted by atomic mass is 10.0. The van der Waals surface area contributed by atoms with Gasteiger partial charge in [-0.05, 0) is 43.4 Å². The molecule has 2 aromatic rings. The van der Waals surface area contributed by atoms with E-state index in [0.717, 1.165) is 36.2 Å². The summed E-state index contributed by atoms with van der Waals surface area (Å²) in [6.07, 6.45) is 2.04. The number of hydrogen-bond donors (Lipinski definition) is 1. The Balaban J connectivity index is 1.63. The number of rotatable bonds is 5. The average Bonchev–Trinajstić information content (AvgIpc) is 3.51. The van der Waals surface area contributed by atoms with Gasteiger partial charge in [0.1, 0.15) is 23.9 Å². The van der Waals surface area contributed by atoms with Crippen LogP contribution in [0, 0.1) is 5.92 Å². The summed E-state index contributed by atoms with van der Waals surface area (Å²) in [5, 5.41) is 3.65. The van der Waals surface area contributed by atoms with E-state index in [-0.39, 0.29) is 32.1 Å². The van der Waals surface area contributed by atoms with E-state index in [1.165, 1.54) is 4.90 Å². The standard InChI is InChI=1S/C31H45N3O7Si/c1-21(2)27-28(35)34-20-23(19-26(34)29(36)39-16-17-42(3,4)5)41-30(37)25-18-22-12-8-9-13-24(22)33(25)14-10-6-7-11-15-40-31(38)32-27/h8-9,12-13,18,21,23,26-27H,6-7,10-11,14-17,19-20H2,1-5H3,(H,32,38)/t23-,26+,27+/m1/s1. The molecule has 1 aromatic heterocycles. The van der Waals surface area contributed by atoms with E-state index in [1.54, 1.807) is 0 Å². The number of ether oxygens (including phenoxy) is 3. The number of aromatic nitrogens is 1. The fourth-order valence-electron chi connectivity index (χ4n) is 5.49. The second kappa shape index (κ2) is 13.8. The fraction of sp³-hybridized carbons (Fsp3) is 0.613. The van der Waals surface area contributed by atoms with Crippen molar-refractivity contribution in [3.8, 4) is 0 Å². The normalized spacial score (nSPS) is 23.0. The van der Waals surface area contributed by atoms with Crippen molar-refractivity contribution in [2.24, 2.45) is 5.92 Å². The Morgan fingerprint density at radius 2 is 1.83 bits per heavy atom. The van der Waals surface area contributed by atoms with Crippen LogP contribution in [-0.2, 0) is 30.3 Å². The van der Waals surface area contributed by atoms with Crippen LogP contribution in [0.25, 0.3) is 10.9 Å². The molecule has 2 aliphatic rings. The van der Waals surface area contributed by atoms with Crippen LogP contribution in [0.3, 0.4) is 0 Å². The molecule has 0 saturated carbocycles. The minimum absolute atomic E-state index is 0.0263. The summed E-state index contributed by atoms with van der Waals surface area (Å²) in [7, 11) is -1.45. The van der Waals surface area contributed by atoms with Gasteiger partial charge in [0.2, 0.25) is 5.91 Å². The Morgan fingerprint density at radius 1 is 1.10 bits per heavy atom. The van der Waals surface area contributed by atoms with E-state index in [4.69, 9.17) is 14.2 Å². The first kappa shape index (κ1) is 31.6. The number of carbonyl (C=O) groups is 4. The summed E-state index contributed by atoms with van der Waals surface area (Å²) in [4.78, 5) is 54.7. The van der Waals surface area contributed by atoms with E-state index in [2.05, 4.69) is 25.0 Å². The van der Waals surface area contributed by atoms with Crippen LogP contribution in [-0.4, -0.2) is 79.4 Å². The Bertz CT molecular complexity index is 1290. The van der Waals surface area contributed by atoms with Gasteiger partial charge in [-0.2, -0.15) is 0 Å². The number of nitrogens with one attached hydrogen (secondary N) is 1. The molecular formula is C31H45N3O7Si. The number of aryl methyl sites for hydroxylation is 1. The minimum atomic E-state index is -1.45. The molecule has 0 radical (unpaired) electrons. The van der Waals surface area contributed by atoms with Crippen LogP contribution in [0.5, 0.6) is 0 Å². The molecule has 2 amide bonds. The molecule has 11 heteroatoms. The molecular weight excluding hydrogens is 554 g/mol. The lowest BCUT2D eigenvalue weighted by Crippen LogP contribution is -2.54. The maximum Gasteiger partial charge on any atom is 0.407 e. The summed E-state index contributed by atoms with van der Waals surface area (Å²) in [5.74, 6) is -1.70. The van der Waals surface area contributed by atoms with E-state index in [9.17, 15) is 19.2 Å². The highest BCUT2D eigenvalue weighted by Gasteiger charge is 2.45. The monoisotopic (exact) mass is 599 g/mol. The van der Waals surface area contributed by atoms with E-state index < -0.39 is 50.2 Å². The van der Waals surface area contributed by atoms with Crippen LogP contribution in [0.15, 0.2) is 30.3 Å². The van der Waals surface area contributed by atoms with Crippen LogP contribution in [0.4, 0.5) is 4.79 Å². The highest BCUT2D eigenvalue weighted by molar-refractivity contribution is 6.76. The van der Waals surface area contributed by atoms with Crippen LogP contribution in [0.2, 0.25) is 25.7 Å². The number of nitrogens with zero attached hydrogens (tertiary/aromatic N) is 2. The predicted octanol–water partition coefficient (Wildman–Crippen LogP) is 4.97. The largest absolute Gasteiger partial charge is 0.464 e. The third kappa shape index (κ3) is 7.93. The maximum atomic E-state index is 13.8. The number of cyclic esters (lactones) is 1. The van der Waals surface area contributed by atoms with Gasteiger partial charge in [-0.3, -0.25) is 4.79 Å². The molecule has 1 saturated heterocycles. The minimum Gasteiger partial charge on any atom is -0.464 e. The van der Waals surface area contributed by atoms with Crippen LogP contribution >= 0.6 is 0 Å². The second-order valence-corrected chi connectivity index (χ2v) is 18.5. The maximum absolute atomic E-state index is 13.8. The second-order valence-electron chi connectivity index (χ2n) is 12.9. The molecule has 4 rings (SSSR count). The number of hydrogen-bond acceptors (Lipinski definition) is 7. The number of fused-ring (bicyclic) bond motifs is 5. The summed E-state index contributed by atoms with van der Waals surface area (Å²) in [5.41, 5.74) is 1.40. The number of esters is 2. The van der Waals surface area contributed by atoms with Gasteiger partial charge < -0.3 is 29.0 Å². The summed E-state index contributed by atoms with van der Waals surface area (Å²) in [6.45, 7) is 11.4. The van der Waals surface area contributed by atoms with Crippen molar-refractivity contribution in [1.82, 2.24) is 14.8 Å². The molecule has 42 heavy (non-hydrogen) atoms. The summed E-state index contributed by atoms with van der Waals surface area (Å²) in [6, 6.07) is 8.63. The molecule has 3 atom stereocenters. The number of benzene rings is 1. The number of para-hydroxylation sites is 1. The number of carbonyl (C=O) groups excluding carboxylic acids is 4. The third-order valence-electron chi connectivity index (χ3n) is 7.92. The molecule has 3 heterocycles. The van der Waals surface area contributed by atoms with Gasteiger partial charge in [-0.25, -0.2) is 14.4 Å².